The number of aromatic nitrogens is 2. The summed E-state index contributed by atoms with van der Waals surface area (Å²) in [4.78, 5) is 22.0. The summed E-state index contributed by atoms with van der Waals surface area (Å²) in [5.74, 6) is -0.143. The van der Waals surface area contributed by atoms with Crippen LogP contribution in [0.4, 0.5) is 0 Å². The SMILES string of the molecule is CCCCCCCCc1cc(C(=O)c2ccccn2)c2cc(Cl)cc(Cl)c2n1. The summed E-state index contributed by atoms with van der Waals surface area (Å²) in [6.07, 6.45) is 9.69. The van der Waals surface area contributed by atoms with Gasteiger partial charge >= 0.3 is 0 Å². The van der Waals surface area contributed by atoms with E-state index < -0.39 is 0 Å². The summed E-state index contributed by atoms with van der Waals surface area (Å²) in [6, 6.07) is 10.6. The van der Waals surface area contributed by atoms with Gasteiger partial charge in [0.15, 0.2) is 0 Å². The topological polar surface area (TPSA) is 42.9 Å². The normalized spacial score (nSPS) is 11.1. The Hall–Kier alpha value is -1.97. The molecule has 3 aromatic rings. The molecule has 0 amide bonds. The Morgan fingerprint density at radius 3 is 2.54 bits per heavy atom. The number of nitrogens with zero attached hydrogens (tertiary/aromatic N) is 2. The quantitative estimate of drug-likeness (QED) is 0.277. The Balaban J connectivity index is 1.92. The molecular weight excluding hydrogens is 391 g/mol. The molecule has 0 saturated heterocycles. The minimum absolute atomic E-state index is 0.143. The molecule has 28 heavy (non-hydrogen) atoms. The fraction of sp³-hybridized carbons (Fsp3) is 0.348. The molecule has 0 unspecified atom stereocenters. The minimum atomic E-state index is -0.143. The van der Waals surface area contributed by atoms with E-state index in [1.54, 1.807) is 36.5 Å². The highest BCUT2D eigenvalue weighted by atomic mass is 35.5. The number of carbonyl (C=O) groups is 1. The van der Waals surface area contributed by atoms with Crippen LogP contribution in [0.3, 0.4) is 0 Å². The number of fused-ring (bicyclic) bond motifs is 1. The van der Waals surface area contributed by atoms with Crippen LogP contribution in [0.15, 0.2) is 42.6 Å². The number of ketones is 1. The molecule has 0 aliphatic rings. The molecule has 0 N–H and O–H groups in total. The predicted molar refractivity (Wildman–Crippen MR) is 117 cm³/mol. The van der Waals surface area contributed by atoms with Crippen LogP contribution in [0.2, 0.25) is 10.0 Å². The monoisotopic (exact) mass is 414 g/mol. The molecule has 0 aliphatic heterocycles. The van der Waals surface area contributed by atoms with Crippen molar-refractivity contribution < 1.29 is 4.79 Å². The zero-order valence-corrected chi connectivity index (χ0v) is 17.6. The summed E-state index contributed by atoms with van der Waals surface area (Å²) >= 11 is 12.6. The lowest BCUT2D eigenvalue weighted by molar-refractivity contribution is 0.103. The van der Waals surface area contributed by atoms with Crippen molar-refractivity contribution in [3.05, 3.63) is 69.6 Å². The van der Waals surface area contributed by atoms with E-state index in [-0.39, 0.29) is 5.78 Å². The van der Waals surface area contributed by atoms with Crippen LogP contribution in [0, 0.1) is 0 Å². The summed E-state index contributed by atoms with van der Waals surface area (Å²) in [5, 5.41) is 1.61. The first-order valence-electron chi connectivity index (χ1n) is 9.84. The van der Waals surface area contributed by atoms with E-state index in [1.807, 2.05) is 6.07 Å². The summed E-state index contributed by atoms with van der Waals surface area (Å²) in [5.41, 5.74) is 2.45. The molecule has 0 radical (unpaired) electrons. The number of carbonyl (C=O) groups excluding carboxylic acids is 1. The molecule has 0 atom stereocenters. The Morgan fingerprint density at radius 1 is 1.00 bits per heavy atom. The molecule has 5 heteroatoms. The first-order valence-corrected chi connectivity index (χ1v) is 10.6. The summed E-state index contributed by atoms with van der Waals surface area (Å²) in [6.45, 7) is 2.22. The molecule has 0 saturated carbocycles. The van der Waals surface area contributed by atoms with Gasteiger partial charge in [-0.2, -0.15) is 0 Å². The van der Waals surface area contributed by atoms with Crippen LogP contribution in [0.1, 0.15) is 67.2 Å². The minimum Gasteiger partial charge on any atom is -0.287 e. The summed E-state index contributed by atoms with van der Waals surface area (Å²) in [7, 11) is 0. The Morgan fingerprint density at radius 2 is 1.79 bits per heavy atom. The van der Waals surface area contributed by atoms with Crippen molar-refractivity contribution in [1.82, 2.24) is 9.97 Å². The molecule has 2 heterocycles. The first kappa shape index (κ1) is 20.8. The molecule has 146 valence electrons. The lowest BCUT2D eigenvalue weighted by Crippen LogP contribution is -2.07. The highest BCUT2D eigenvalue weighted by molar-refractivity contribution is 6.39. The van der Waals surface area contributed by atoms with Crippen LogP contribution in [-0.4, -0.2) is 15.8 Å². The fourth-order valence-corrected chi connectivity index (χ4v) is 3.88. The number of hydrogen-bond acceptors (Lipinski definition) is 3. The Labute approximate surface area is 176 Å². The van der Waals surface area contributed by atoms with Gasteiger partial charge in [-0.25, -0.2) is 0 Å². The average Bonchev–Trinajstić information content (AvgIpc) is 2.70. The second-order valence-corrected chi connectivity index (χ2v) is 7.85. The lowest BCUT2D eigenvalue weighted by Gasteiger charge is -2.11. The van der Waals surface area contributed by atoms with Crippen LogP contribution < -0.4 is 0 Å². The van der Waals surface area contributed by atoms with Crippen molar-refractivity contribution >= 4 is 39.9 Å². The third kappa shape index (κ3) is 5.09. The third-order valence-electron chi connectivity index (χ3n) is 4.81. The zero-order valence-electron chi connectivity index (χ0n) is 16.0. The third-order valence-corrected chi connectivity index (χ3v) is 5.32. The smallest absolute Gasteiger partial charge is 0.212 e. The molecule has 0 bridgehead atoms. The zero-order chi connectivity index (χ0) is 19.9. The van der Waals surface area contributed by atoms with Gasteiger partial charge < -0.3 is 0 Å². The Kier molecular flexibility index (Phi) is 7.41. The van der Waals surface area contributed by atoms with Gasteiger partial charge in [0, 0.05) is 27.9 Å². The van der Waals surface area contributed by atoms with E-state index in [1.165, 1.54) is 25.7 Å². The standard InChI is InChI=1S/C23H24Cl2N2O/c1-2-3-4-5-6-7-10-17-15-19(23(28)21-11-8-9-12-26-21)18-13-16(24)14-20(25)22(18)27-17/h8-9,11-15H,2-7,10H2,1H3. The van der Waals surface area contributed by atoms with E-state index in [0.717, 1.165) is 25.0 Å². The number of pyridine rings is 2. The van der Waals surface area contributed by atoms with Gasteiger partial charge in [-0.1, -0.05) is 68.3 Å². The van der Waals surface area contributed by atoms with Crippen LogP contribution in [0.25, 0.3) is 10.9 Å². The second-order valence-electron chi connectivity index (χ2n) is 7.01. The number of unbranched alkanes of at least 4 members (excludes halogenated alkanes) is 5. The van der Waals surface area contributed by atoms with E-state index in [2.05, 4.69) is 11.9 Å². The van der Waals surface area contributed by atoms with Crippen molar-refractivity contribution in [1.29, 1.82) is 0 Å². The van der Waals surface area contributed by atoms with E-state index >= 15 is 0 Å². The highest BCUT2D eigenvalue weighted by Crippen LogP contribution is 2.30. The largest absolute Gasteiger partial charge is 0.287 e. The number of benzene rings is 1. The molecule has 2 aromatic heterocycles. The number of halogens is 2. The molecule has 0 spiro atoms. The lowest BCUT2D eigenvalue weighted by atomic mass is 9.99. The van der Waals surface area contributed by atoms with E-state index in [9.17, 15) is 4.79 Å². The first-order chi connectivity index (χ1) is 13.6. The molecule has 3 rings (SSSR count). The van der Waals surface area contributed by atoms with Crippen LogP contribution >= 0.6 is 23.2 Å². The predicted octanol–water partition coefficient (Wildman–Crippen LogP) is 7.07. The molecule has 1 aromatic carbocycles. The molecule has 0 fully saturated rings. The maximum Gasteiger partial charge on any atom is 0.212 e. The van der Waals surface area contributed by atoms with Gasteiger partial charge in [0.05, 0.1) is 10.5 Å². The maximum atomic E-state index is 13.1. The number of aryl methyl sites for hydroxylation is 1. The molecule has 0 aliphatic carbocycles. The van der Waals surface area contributed by atoms with Crippen molar-refractivity contribution in [3.63, 3.8) is 0 Å². The fourth-order valence-electron chi connectivity index (χ4n) is 3.34. The average molecular weight is 415 g/mol. The molecular formula is C23H24Cl2N2O. The highest BCUT2D eigenvalue weighted by Gasteiger charge is 2.18. The van der Waals surface area contributed by atoms with Gasteiger partial charge in [-0.15, -0.1) is 0 Å². The van der Waals surface area contributed by atoms with Gasteiger partial charge in [0.25, 0.3) is 0 Å². The van der Waals surface area contributed by atoms with Crippen molar-refractivity contribution in [2.24, 2.45) is 0 Å². The van der Waals surface area contributed by atoms with Crippen molar-refractivity contribution in [2.75, 3.05) is 0 Å². The van der Waals surface area contributed by atoms with Gasteiger partial charge in [-0.05, 0) is 43.2 Å². The van der Waals surface area contributed by atoms with Crippen LogP contribution in [0.5, 0.6) is 0 Å². The molecule has 3 nitrogen and oxygen atoms in total. The Bertz CT molecular complexity index is 958. The summed E-state index contributed by atoms with van der Waals surface area (Å²) < 4.78 is 0. The van der Waals surface area contributed by atoms with Gasteiger partial charge in [0.2, 0.25) is 5.78 Å². The van der Waals surface area contributed by atoms with E-state index in [4.69, 9.17) is 28.2 Å². The number of rotatable bonds is 9. The van der Waals surface area contributed by atoms with Crippen molar-refractivity contribution in [2.45, 2.75) is 51.9 Å². The van der Waals surface area contributed by atoms with E-state index in [0.29, 0.717) is 32.2 Å². The number of hydrogen-bond donors (Lipinski definition) is 0. The van der Waals surface area contributed by atoms with Crippen LogP contribution in [-0.2, 0) is 6.42 Å². The van der Waals surface area contributed by atoms with Crippen molar-refractivity contribution in [3.8, 4) is 0 Å². The second kappa shape index (κ2) is 9.99. The van der Waals surface area contributed by atoms with Gasteiger partial charge in [-0.3, -0.25) is 14.8 Å². The maximum absolute atomic E-state index is 13.1. The van der Waals surface area contributed by atoms with Gasteiger partial charge in [0.1, 0.15) is 5.69 Å².